The second-order valence-electron chi connectivity index (χ2n) is 6.62. The van der Waals surface area contributed by atoms with E-state index in [1.54, 1.807) is 18.2 Å². The van der Waals surface area contributed by atoms with Gasteiger partial charge in [0, 0.05) is 19.1 Å². The van der Waals surface area contributed by atoms with Gasteiger partial charge < -0.3 is 11.1 Å². The Bertz CT molecular complexity index is 562. The molecule has 1 aromatic carbocycles. The molecule has 2 unspecified atom stereocenters. The first-order valence-corrected chi connectivity index (χ1v) is 8.22. The van der Waals surface area contributed by atoms with Crippen molar-refractivity contribution in [2.75, 3.05) is 18.4 Å². The topological polar surface area (TPSA) is 58.4 Å². The highest BCUT2D eigenvalue weighted by atomic mass is 35.5. The van der Waals surface area contributed by atoms with Crippen molar-refractivity contribution in [3.63, 3.8) is 0 Å². The van der Waals surface area contributed by atoms with E-state index in [1.807, 2.05) is 6.92 Å². The number of piperidine rings is 1. The summed E-state index contributed by atoms with van der Waals surface area (Å²) in [6.45, 7) is 7.81. The van der Waals surface area contributed by atoms with E-state index < -0.39 is 0 Å². The SMILES string of the molecule is CC(C(=O)Nc1cccc(Cl)c1Cl)N1CCC(N)C(C)(C)C1. The summed E-state index contributed by atoms with van der Waals surface area (Å²) in [6, 6.07) is 5.12. The lowest BCUT2D eigenvalue weighted by Gasteiger charge is -2.44. The molecule has 122 valence electrons. The minimum absolute atomic E-state index is 0.000486. The molecular weight excluding hydrogens is 321 g/mol. The van der Waals surface area contributed by atoms with E-state index in [9.17, 15) is 4.79 Å². The zero-order valence-corrected chi connectivity index (χ0v) is 14.7. The number of benzene rings is 1. The molecule has 0 aromatic heterocycles. The first-order chi connectivity index (χ1) is 10.2. The predicted octanol–water partition coefficient (Wildman–Crippen LogP) is 3.38. The van der Waals surface area contributed by atoms with Gasteiger partial charge in [0.15, 0.2) is 0 Å². The predicted molar refractivity (Wildman–Crippen MR) is 92.5 cm³/mol. The first-order valence-electron chi connectivity index (χ1n) is 7.47. The van der Waals surface area contributed by atoms with E-state index in [0.717, 1.165) is 19.5 Å². The zero-order chi connectivity index (χ0) is 16.5. The van der Waals surface area contributed by atoms with Crippen LogP contribution in [0.15, 0.2) is 18.2 Å². The average Bonchev–Trinajstić information content (AvgIpc) is 2.46. The van der Waals surface area contributed by atoms with E-state index in [4.69, 9.17) is 28.9 Å². The molecule has 3 N–H and O–H groups in total. The van der Waals surface area contributed by atoms with E-state index in [0.29, 0.717) is 15.7 Å². The third-order valence-corrected chi connectivity index (χ3v) is 5.30. The number of anilines is 1. The van der Waals surface area contributed by atoms with Crippen LogP contribution in [-0.4, -0.2) is 36.0 Å². The largest absolute Gasteiger partial charge is 0.327 e. The van der Waals surface area contributed by atoms with Crippen LogP contribution in [0.5, 0.6) is 0 Å². The Morgan fingerprint density at radius 3 is 2.77 bits per heavy atom. The van der Waals surface area contributed by atoms with E-state index in [-0.39, 0.29) is 23.4 Å². The van der Waals surface area contributed by atoms with Crippen molar-refractivity contribution in [2.45, 2.75) is 39.3 Å². The molecule has 2 rings (SSSR count). The Morgan fingerprint density at radius 2 is 2.14 bits per heavy atom. The highest BCUT2D eigenvalue weighted by Gasteiger charge is 2.36. The fourth-order valence-corrected chi connectivity index (χ4v) is 3.10. The van der Waals surface area contributed by atoms with Gasteiger partial charge in [-0.15, -0.1) is 0 Å². The van der Waals surface area contributed by atoms with E-state index in [1.165, 1.54) is 0 Å². The number of hydrogen-bond donors (Lipinski definition) is 2. The highest BCUT2D eigenvalue weighted by molar-refractivity contribution is 6.44. The van der Waals surface area contributed by atoms with Gasteiger partial charge >= 0.3 is 0 Å². The summed E-state index contributed by atoms with van der Waals surface area (Å²) in [4.78, 5) is 14.6. The molecule has 4 nitrogen and oxygen atoms in total. The van der Waals surface area contributed by atoms with Crippen LogP contribution in [0.3, 0.4) is 0 Å². The van der Waals surface area contributed by atoms with Crippen molar-refractivity contribution in [3.8, 4) is 0 Å². The maximum Gasteiger partial charge on any atom is 0.241 e. The normalized spacial score (nSPS) is 23.1. The zero-order valence-electron chi connectivity index (χ0n) is 13.2. The monoisotopic (exact) mass is 343 g/mol. The van der Waals surface area contributed by atoms with Crippen molar-refractivity contribution < 1.29 is 4.79 Å². The number of carbonyl (C=O) groups excluding carboxylic acids is 1. The third-order valence-electron chi connectivity index (χ3n) is 4.48. The fraction of sp³-hybridized carbons (Fsp3) is 0.562. The Labute approximate surface area is 141 Å². The number of carbonyl (C=O) groups is 1. The number of halogens is 2. The lowest BCUT2D eigenvalue weighted by Crippen LogP contribution is -2.56. The molecular formula is C16H23Cl2N3O. The van der Waals surface area contributed by atoms with Crippen LogP contribution in [0.1, 0.15) is 27.2 Å². The summed E-state index contributed by atoms with van der Waals surface area (Å²) in [7, 11) is 0. The molecule has 1 heterocycles. The van der Waals surface area contributed by atoms with Crippen LogP contribution in [-0.2, 0) is 4.79 Å². The van der Waals surface area contributed by atoms with Gasteiger partial charge in [-0.2, -0.15) is 0 Å². The Balaban J connectivity index is 2.05. The van der Waals surface area contributed by atoms with Gasteiger partial charge in [0.2, 0.25) is 5.91 Å². The molecule has 0 spiro atoms. The minimum Gasteiger partial charge on any atom is -0.327 e. The fourth-order valence-electron chi connectivity index (χ4n) is 2.75. The Hall–Kier alpha value is -0.810. The standard InChI is InChI=1S/C16H23Cl2N3O/c1-10(21-8-7-13(19)16(2,3)9-21)15(22)20-12-6-4-5-11(17)14(12)18/h4-6,10,13H,7-9,19H2,1-3H3,(H,20,22). The van der Waals surface area contributed by atoms with Gasteiger partial charge in [-0.3, -0.25) is 9.69 Å². The van der Waals surface area contributed by atoms with Crippen molar-refractivity contribution in [2.24, 2.45) is 11.1 Å². The minimum atomic E-state index is -0.248. The van der Waals surface area contributed by atoms with E-state index in [2.05, 4.69) is 24.1 Å². The van der Waals surface area contributed by atoms with Crippen molar-refractivity contribution in [1.82, 2.24) is 4.90 Å². The second-order valence-corrected chi connectivity index (χ2v) is 7.41. The number of likely N-dealkylation sites (tertiary alicyclic amines) is 1. The number of amides is 1. The van der Waals surface area contributed by atoms with Gasteiger partial charge in [-0.05, 0) is 30.9 Å². The molecule has 1 aromatic rings. The smallest absolute Gasteiger partial charge is 0.241 e. The Morgan fingerprint density at radius 1 is 1.45 bits per heavy atom. The van der Waals surface area contributed by atoms with Gasteiger partial charge in [-0.1, -0.05) is 43.1 Å². The number of nitrogens with zero attached hydrogens (tertiary/aromatic N) is 1. The molecule has 0 bridgehead atoms. The van der Waals surface area contributed by atoms with Gasteiger partial charge in [-0.25, -0.2) is 0 Å². The Kier molecular flexibility index (Phi) is 5.38. The lowest BCUT2D eigenvalue weighted by atomic mass is 9.79. The molecule has 1 saturated heterocycles. The summed E-state index contributed by atoms with van der Waals surface area (Å²) in [5.41, 5.74) is 6.69. The molecule has 2 atom stereocenters. The first kappa shape index (κ1) is 17.5. The van der Waals surface area contributed by atoms with Crippen LogP contribution >= 0.6 is 23.2 Å². The quantitative estimate of drug-likeness (QED) is 0.884. The lowest BCUT2D eigenvalue weighted by molar-refractivity contribution is -0.122. The molecule has 1 aliphatic heterocycles. The van der Waals surface area contributed by atoms with Crippen LogP contribution < -0.4 is 11.1 Å². The summed E-state index contributed by atoms with van der Waals surface area (Å²) >= 11 is 12.1. The van der Waals surface area contributed by atoms with Gasteiger partial charge in [0.25, 0.3) is 0 Å². The number of nitrogens with two attached hydrogens (primary N) is 1. The number of rotatable bonds is 3. The molecule has 1 fully saturated rings. The van der Waals surface area contributed by atoms with Gasteiger partial charge in [0.05, 0.1) is 21.8 Å². The summed E-state index contributed by atoms with van der Waals surface area (Å²) in [6.07, 6.45) is 0.891. The van der Waals surface area contributed by atoms with Crippen molar-refractivity contribution >= 4 is 34.8 Å². The molecule has 1 aliphatic rings. The maximum absolute atomic E-state index is 12.5. The third kappa shape index (κ3) is 3.74. The highest BCUT2D eigenvalue weighted by Crippen LogP contribution is 2.31. The molecule has 0 radical (unpaired) electrons. The maximum atomic E-state index is 12.5. The molecule has 1 amide bonds. The van der Waals surface area contributed by atoms with Crippen molar-refractivity contribution in [1.29, 1.82) is 0 Å². The van der Waals surface area contributed by atoms with Gasteiger partial charge in [0.1, 0.15) is 0 Å². The summed E-state index contributed by atoms with van der Waals surface area (Å²) < 4.78 is 0. The molecule has 22 heavy (non-hydrogen) atoms. The molecule has 6 heteroatoms. The van der Waals surface area contributed by atoms with Crippen molar-refractivity contribution in [3.05, 3.63) is 28.2 Å². The van der Waals surface area contributed by atoms with Crippen LogP contribution in [0.4, 0.5) is 5.69 Å². The average molecular weight is 344 g/mol. The number of nitrogens with one attached hydrogen (secondary N) is 1. The molecule has 0 saturated carbocycles. The summed E-state index contributed by atoms with van der Waals surface area (Å²) in [5.74, 6) is -0.0876. The van der Waals surface area contributed by atoms with Crippen LogP contribution in [0.2, 0.25) is 10.0 Å². The molecule has 0 aliphatic carbocycles. The summed E-state index contributed by atoms with van der Waals surface area (Å²) in [5, 5.41) is 3.65. The number of hydrogen-bond acceptors (Lipinski definition) is 3. The van der Waals surface area contributed by atoms with Crippen LogP contribution in [0.25, 0.3) is 0 Å². The van der Waals surface area contributed by atoms with E-state index >= 15 is 0 Å². The second kappa shape index (κ2) is 6.75. The van der Waals surface area contributed by atoms with Crippen LogP contribution in [0, 0.1) is 5.41 Å².